The van der Waals surface area contributed by atoms with Crippen LogP contribution in [0.5, 0.6) is 0 Å². The molecule has 0 aromatic heterocycles. The Morgan fingerprint density at radius 3 is 2.15 bits per heavy atom. The van der Waals surface area contributed by atoms with Crippen LogP contribution in [0.4, 0.5) is 0 Å². The monoisotopic (exact) mass is 184 g/mol. The van der Waals surface area contributed by atoms with E-state index in [1.165, 1.54) is 25.7 Å². The number of aliphatic hydroxyl groups is 1. The van der Waals surface area contributed by atoms with Crippen molar-refractivity contribution in [2.75, 3.05) is 6.61 Å². The molecule has 2 aliphatic carbocycles. The second-order valence-corrected chi connectivity index (χ2v) is 4.80. The fraction of sp³-hybridized carbons (Fsp3) is 0.900. The van der Waals surface area contributed by atoms with E-state index in [-0.39, 0.29) is 6.61 Å². The SMILES string of the molecule is O=C(O)C1(CO)CC2(CCCC2)C1. The van der Waals surface area contributed by atoms with Gasteiger partial charge in [0, 0.05) is 0 Å². The van der Waals surface area contributed by atoms with Gasteiger partial charge in [-0.05, 0) is 31.1 Å². The van der Waals surface area contributed by atoms with Crippen molar-refractivity contribution in [1.82, 2.24) is 0 Å². The zero-order chi connectivity index (χ0) is 9.53. The maximum Gasteiger partial charge on any atom is 0.312 e. The van der Waals surface area contributed by atoms with Gasteiger partial charge in [0.25, 0.3) is 0 Å². The van der Waals surface area contributed by atoms with E-state index < -0.39 is 11.4 Å². The van der Waals surface area contributed by atoms with Gasteiger partial charge in [0.1, 0.15) is 0 Å². The Labute approximate surface area is 77.8 Å². The standard InChI is InChI=1S/C10H16O3/c11-7-10(8(12)13)5-9(6-10)3-1-2-4-9/h11H,1-7H2,(H,12,13). The number of aliphatic hydroxyl groups excluding tert-OH is 1. The Balaban J connectivity index is 2.04. The van der Waals surface area contributed by atoms with Crippen LogP contribution in [0.15, 0.2) is 0 Å². The Bertz CT molecular complexity index is 220. The van der Waals surface area contributed by atoms with Crippen LogP contribution in [0.2, 0.25) is 0 Å². The van der Waals surface area contributed by atoms with E-state index in [0.717, 1.165) is 0 Å². The van der Waals surface area contributed by atoms with Crippen molar-refractivity contribution in [1.29, 1.82) is 0 Å². The van der Waals surface area contributed by atoms with Crippen LogP contribution >= 0.6 is 0 Å². The summed E-state index contributed by atoms with van der Waals surface area (Å²) in [4.78, 5) is 10.9. The molecule has 0 aromatic rings. The Morgan fingerprint density at radius 2 is 1.77 bits per heavy atom. The summed E-state index contributed by atoms with van der Waals surface area (Å²) < 4.78 is 0. The van der Waals surface area contributed by atoms with Crippen LogP contribution in [-0.4, -0.2) is 22.8 Å². The van der Waals surface area contributed by atoms with Crippen LogP contribution in [0.3, 0.4) is 0 Å². The topological polar surface area (TPSA) is 57.5 Å². The maximum atomic E-state index is 10.9. The molecule has 1 spiro atoms. The lowest BCUT2D eigenvalue weighted by Gasteiger charge is -2.51. The van der Waals surface area contributed by atoms with E-state index in [2.05, 4.69) is 0 Å². The molecule has 0 amide bonds. The van der Waals surface area contributed by atoms with Crippen LogP contribution in [0.25, 0.3) is 0 Å². The van der Waals surface area contributed by atoms with Crippen molar-refractivity contribution in [3.63, 3.8) is 0 Å². The zero-order valence-corrected chi connectivity index (χ0v) is 7.75. The molecule has 3 nitrogen and oxygen atoms in total. The summed E-state index contributed by atoms with van der Waals surface area (Å²) in [6.45, 7) is -0.190. The minimum atomic E-state index is -0.812. The fourth-order valence-electron chi connectivity index (χ4n) is 3.19. The van der Waals surface area contributed by atoms with Gasteiger partial charge in [-0.2, -0.15) is 0 Å². The number of carboxylic acids is 1. The molecular weight excluding hydrogens is 168 g/mol. The van der Waals surface area contributed by atoms with Gasteiger partial charge in [-0.3, -0.25) is 4.79 Å². The average Bonchev–Trinajstić information content (AvgIpc) is 2.48. The lowest BCUT2D eigenvalue weighted by atomic mass is 9.52. The molecule has 2 rings (SSSR count). The number of hydrogen-bond donors (Lipinski definition) is 2. The van der Waals surface area contributed by atoms with E-state index in [0.29, 0.717) is 18.3 Å². The van der Waals surface area contributed by atoms with Crippen LogP contribution in [0, 0.1) is 10.8 Å². The van der Waals surface area contributed by atoms with Gasteiger partial charge in [-0.25, -0.2) is 0 Å². The third kappa shape index (κ3) is 1.17. The molecule has 3 heteroatoms. The summed E-state index contributed by atoms with van der Waals surface area (Å²) in [5, 5.41) is 18.0. The predicted molar refractivity (Wildman–Crippen MR) is 47.3 cm³/mol. The predicted octanol–water partition coefficient (Wildman–Crippen LogP) is 1.40. The molecule has 0 atom stereocenters. The molecule has 2 aliphatic rings. The highest BCUT2D eigenvalue weighted by atomic mass is 16.4. The first-order chi connectivity index (χ1) is 6.13. The Hall–Kier alpha value is -0.570. The third-order valence-electron chi connectivity index (χ3n) is 3.85. The van der Waals surface area contributed by atoms with E-state index in [9.17, 15) is 4.79 Å². The summed E-state index contributed by atoms with van der Waals surface area (Å²) in [5.41, 5.74) is -0.495. The van der Waals surface area contributed by atoms with E-state index >= 15 is 0 Å². The number of carbonyl (C=O) groups is 1. The second-order valence-electron chi connectivity index (χ2n) is 4.80. The lowest BCUT2D eigenvalue weighted by Crippen LogP contribution is -2.52. The van der Waals surface area contributed by atoms with Crippen LogP contribution < -0.4 is 0 Å². The molecule has 2 fully saturated rings. The molecular formula is C10H16O3. The van der Waals surface area contributed by atoms with Crippen molar-refractivity contribution in [3.05, 3.63) is 0 Å². The molecule has 74 valence electrons. The smallest absolute Gasteiger partial charge is 0.312 e. The van der Waals surface area contributed by atoms with Gasteiger partial charge in [-0.1, -0.05) is 12.8 Å². The Morgan fingerprint density at radius 1 is 1.23 bits per heavy atom. The molecule has 0 heterocycles. The normalized spacial score (nSPS) is 28.7. The molecule has 13 heavy (non-hydrogen) atoms. The molecule has 0 unspecified atom stereocenters. The summed E-state index contributed by atoms with van der Waals surface area (Å²) in [6.07, 6.45) is 6.21. The van der Waals surface area contributed by atoms with E-state index in [1.807, 2.05) is 0 Å². The molecule has 0 aromatic carbocycles. The van der Waals surface area contributed by atoms with Gasteiger partial charge in [0.15, 0.2) is 0 Å². The lowest BCUT2D eigenvalue weighted by molar-refractivity contribution is -0.171. The first-order valence-corrected chi connectivity index (χ1v) is 4.97. The van der Waals surface area contributed by atoms with Gasteiger partial charge in [0.2, 0.25) is 0 Å². The summed E-state index contributed by atoms with van der Waals surface area (Å²) in [7, 11) is 0. The van der Waals surface area contributed by atoms with E-state index in [4.69, 9.17) is 10.2 Å². The molecule has 0 saturated heterocycles. The van der Waals surface area contributed by atoms with Crippen molar-refractivity contribution in [2.24, 2.45) is 10.8 Å². The fourth-order valence-corrected chi connectivity index (χ4v) is 3.19. The van der Waals surface area contributed by atoms with Crippen LogP contribution in [0.1, 0.15) is 38.5 Å². The summed E-state index contributed by atoms with van der Waals surface area (Å²) in [6, 6.07) is 0. The van der Waals surface area contributed by atoms with Gasteiger partial charge >= 0.3 is 5.97 Å². The minimum Gasteiger partial charge on any atom is -0.481 e. The van der Waals surface area contributed by atoms with E-state index in [1.54, 1.807) is 0 Å². The molecule has 0 bridgehead atoms. The molecule has 0 aliphatic heterocycles. The summed E-state index contributed by atoms with van der Waals surface area (Å²) >= 11 is 0. The minimum absolute atomic E-state index is 0.190. The third-order valence-corrected chi connectivity index (χ3v) is 3.85. The highest BCUT2D eigenvalue weighted by Gasteiger charge is 2.59. The molecule has 2 saturated carbocycles. The number of aliphatic carboxylic acids is 1. The highest BCUT2D eigenvalue weighted by molar-refractivity contribution is 5.76. The Kier molecular flexibility index (Phi) is 1.88. The number of hydrogen-bond acceptors (Lipinski definition) is 2. The molecule has 0 radical (unpaired) electrons. The maximum absolute atomic E-state index is 10.9. The van der Waals surface area contributed by atoms with Crippen molar-refractivity contribution >= 4 is 5.97 Å². The second kappa shape index (κ2) is 2.71. The van der Waals surface area contributed by atoms with Crippen molar-refractivity contribution in [2.45, 2.75) is 38.5 Å². The number of rotatable bonds is 2. The molecule has 2 N–H and O–H groups in total. The zero-order valence-electron chi connectivity index (χ0n) is 7.75. The van der Waals surface area contributed by atoms with Gasteiger partial charge in [0.05, 0.1) is 12.0 Å². The quantitative estimate of drug-likeness (QED) is 0.682. The van der Waals surface area contributed by atoms with Crippen LogP contribution in [-0.2, 0) is 4.79 Å². The first-order valence-electron chi connectivity index (χ1n) is 4.97. The first kappa shape index (κ1) is 9.00. The van der Waals surface area contributed by atoms with Gasteiger partial charge < -0.3 is 10.2 Å². The van der Waals surface area contributed by atoms with Crippen molar-refractivity contribution < 1.29 is 15.0 Å². The highest BCUT2D eigenvalue weighted by Crippen LogP contribution is 2.62. The summed E-state index contributed by atoms with van der Waals surface area (Å²) in [5.74, 6) is -0.812. The van der Waals surface area contributed by atoms with Crippen molar-refractivity contribution in [3.8, 4) is 0 Å². The largest absolute Gasteiger partial charge is 0.481 e. The number of carboxylic acid groups (broad SMARTS) is 1. The van der Waals surface area contributed by atoms with Gasteiger partial charge in [-0.15, -0.1) is 0 Å². The average molecular weight is 184 g/mol.